The predicted octanol–water partition coefficient (Wildman–Crippen LogP) is 4.01. The van der Waals surface area contributed by atoms with Crippen LogP contribution in [0.25, 0.3) is 6.08 Å². The summed E-state index contributed by atoms with van der Waals surface area (Å²) in [7, 11) is 1.73. The van der Waals surface area contributed by atoms with E-state index in [1.807, 2.05) is 6.34 Å². The van der Waals surface area contributed by atoms with Gasteiger partial charge in [0.25, 0.3) is 0 Å². The van der Waals surface area contributed by atoms with E-state index in [1.165, 1.54) is 11.3 Å². The van der Waals surface area contributed by atoms with Crippen LogP contribution in [0.4, 0.5) is 11.4 Å². The van der Waals surface area contributed by atoms with Gasteiger partial charge in [0.15, 0.2) is 11.9 Å². The lowest BCUT2D eigenvalue weighted by atomic mass is 9.97. The van der Waals surface area contributed by atoms with Crippen LogP contribution >= 0.6 is 0 Å². The molecule has 7 heteroatoms. The Bertz CT molecular complexity index is 1140. The monoisotopic (exact) mass is 457 g/mol. The zero-order chi connectivity index (χ0) is 23.1. The Kier molecular flexibility index (Phi) is 5.40. The first-order chi connectivity index (χ1) is 16.7. The van der Waals surface area contributed by atoms with Crippen molar-refractivity contribution in [1.82, 2.24) is 4.90 Å². The van der Waals surface area contributed by atoms with E-state index >= 15 is 0 Å². The van der Waals surface area contributed by atoms with Crippen LogP contribution in [-0.2, 0) is 4.84 Å². The van der Waals surface area contributed by atoms with Crippen molar-refractivity contribution < 1.29 is 9.57 Å². The number of methoxy groups -OCH3 is 1. The van der Waals surface area contributed by atoms with Crippen molar-refractivity contribution >= 4 is 29.6 Å². The summed E-state index contributed by atoms with van der Waals surface area (Å²) in [5.41, 5.74) is 4.65. The largest absolute Gasteiger partial charge is 0.495 e. The van der Waals surface area contributed by atoms with Crippen molar-refractivity contribution in [3.05, 3.63) is 59.7 Å². The van der Waals surface area contributed by atoms with E-state index in [0.717, 1.165) is 61.9 Å². The van der Waals surface area contributed by atoms with Gasteiger partial charge in [-0.25, -0.2) is 0 Å². The lowest BCUT2D eigenvalue weighted by Crippen LogP contribution is -2.53. The smallest absolute Gasteiger partial charge is 0.171 e. The van der Waals surface area contributed by atoms with Crippen LogP contribution in [0.1, 0.15) is 25.3 Å². The second-order valence-electron chi connectivity index (χ2n) is 9.53. The van der Waals surface area contributed by atoms with Crippen LogP contribution in [0.3, 0.4) is 0 Å². The highest BCUT2D eigenvalue weighted by Gasteiger charge is 2.44. The molecule has 0 spiro atoms. The molecule has 0 N–H and O–H groups in total. The van der Waals surface area contributed by atoms with Gasteiger partial charge in [0.05, 0.1) is 37.8 Å². The Labute approximate surface area is 201 Å². The van der Waals surface area contributed by atoms with Crippen molar-refractivity contribution in [2.75, 3.05) is 43.1 Å². The lowest BCUT2D eigenvalue weighted by molar-refractivity contribution is 0.00690. The van der Waals surface area contributed by atoms with E-state index in [0.29, 0.717) is 12.1 Å². The maximum Gasteiger partial charge on any atom is 0.171 e. The minimum Gasteiger partial charge on any atom is -0.495 e. The number of hydrogen-bond donors (Lipinski definition) is 0. The first-order valence-electron chi connectivity index (χ1n) is 12.2. The Balaban J connectivity index is 1.24. The van der Waals surface area contributed by atoms with Crippen LogP contribution in [-0.4, -0.2) is 68.6 Å². The molecule has 2 aromatic rings. The molecule has 0 amide bonds. The van der Waals surface area contributed by atoms with Crippen LogP contribution in [0.2, 0.25) is 0 Å². The Morgan fingerprint density at radius 3 is 2.76 bits per heavy atom. The Morgan fingerprint density at radius 2 is 1.97 bits per heavy atom. The van der Waals surface area contributed by atoms with E-state index in [9.17, 15) is 0 Å². The number of nitrogens with zero attached hydrogens (tertiary/aromatic N) is 5. The van der Waals surface area contributed by atoms with Crippen LogP contribution in [0.15, 0.2) is 64.3 Å². The van der Waals surface area contributed by atoms with Crippen molar-refractivity contribution in [2.24, 2.45) is 10.1 Å². The number of para-hydroxylation sites is 1. The number of aliphatic imine (C=N–C) groups is 1. The van der Waals surface area contributed by atoms with Crippen LogP contribution in [0.5, 0.6) is 5.75 Å². The summed E-state index contributed by atoms with van der Waals surface area (Å²) in [6, 6.07) is 17.6. The molecule has 0 saturated carbocycles. The summed E-state index contributed by atoms with van der Waals surface area (Å²) < 4.78 is 5.74. The second kappa shape index (κ2) is 8.70. The van der Waals surface area contributed by atoms with E-state index in [1.54, 1.807) is 7.11 Å². The molecule has 7 nitrogen and oxygen atoms in total. The molecule has 4 aliphatic rings. The average Bonchev–Trinajstić information content (AvgIpc) is 3.51. The number of rotatable bonds is 4. The van der Waals surface area contributed by atoms with E-state index in [-0.39, 0.29) is 6.10 Å². The van der Waals surface area contributed by atoms with Gasteiger partial charge in [0, 0.05) is 25.3 Å². The fourth-order valence-electron chi connectivity index (χ4n) is 5.50. The maximum atomic E-state index is 6.05. The summed E-state index contributed by atoms with van der Waals surface area (Å²) in [5.74, 6) is 1.85. The highest BCUT2D eigenvalue weighted by molar-refractivity contribution is 6.03. The topological polar surface area (TPSA) is 52.9 Å². The number of anilines is 2. The molecule has 2 saturated heterocycles. The molecule has 6 rings (SSSR count). The number of hydrogen-bond acceptors (Lipinski definition) is 7. The average molecular weight is 458 g/mol. The van der Waals surface area contributed by atoms with Gasteiger partial charge in [-0.15, -0.1) is 0 Å². The summed E-state index contributed by atoms with van der Waals surface area (Å²) in [5, 5.41) is 4.62. The molecule has 4 aliphatic heterocycles. The molecule has 3 unspecified atom stereocenters. The summed E-state index contributed by atoms with van der Waals surface area (Å²) in [6.07, 6.45) is 6.37. The molecule has 0 aromatic heterocycles. The molecule has 2 aromatic carbocycles. The van der Waals surface area contributed by atoms with E-state index in [4.69, 9.17) is 9.57 Å². The van der Waals surface area contributed by atoms with Crippen molar-refractivity contribution in [3.63, 3.8) is 0 Å². The first-order valence-corrected chi connectivity index (χ1v) is 12.2. The van der Waals surface area contributed by atoms with Gasteiger partial charge in [-0.3, -0.25) is 4.99 Å². The SMILES string of the molecule is COc1cc(/C=C2\CCCN3C2=NOC2CN(c4ccccc4)CC23)ccc1N1C=NC(C)C1. The summed E-state index contributed by atoms with van der Waals surface area (Å²) in [4.78, 5) is 17.6. The third-order valence-electron chi connectivity index (χ3n) is 7.21. The quantitative estimate of drug-likeness (QED) is 0.694. The Hall–Kier alpha value is -3.48. The van der Waals surface area contributed by atoms with Crippen molar-refractivity contribution in [1.29, 1.82) is 0 Å². The molecular formula is C27H31N5O2. The number of fused-ring (bicyclic) bond motifs is 3. The lowest BCUT2D eigenvalue weighted by Gasteiger charge is -2.40. The highest BCUT2D eigenvalue weighted by atomic mass is 16.6. The third-order valence-corrected chi connectivity index (χ3v) is 7.21. The van der Waals surface area contributed by atoms with Gasteiger partial charge in [-0.05, 0) is 61.2 Å². The molecule has 4 heterocycles. The first kappa shape index (κ1) is 21.1. The molecular weight excluding hydrogens is 426 g/mol. The third kappa shape index (κ3) is 3.79. The normalized spacial score (nSPS) is 26.9. The van der Waals surface area contributed by atoms with Crippen molar-refractivity contribution in [3.8, 4) is 5.75 Å². The standard InChI is InChI=1S/C27H31N5O2/c1-19-15-31(18-28-19)23-11-10-20(14-25(23)33-2)13-21-7-6-12-32-24-16-30(22-8-4-3-5-9-22)17-26(24)34-29-27(21)32/h3-5,8-11,13-14,18-19,24,26H,6-7,12,15-17H2,1-2H3/b21-13+. The van der Waals surface area contributed by atoms with Crippen LogP contribution in [0, 0.1) is 0 Å². The zero-order valence-corrected chi connectivity index (χ0v) is 19.8. The minimum atomic E-state index is 0.104. The number of oxime groups is 1. The molecule has 0 bridgehead atoms. The zero-order valence-electron chi connectivity index (χ0n) is 19.8. The molecule has 34 heavy (non-hydrogen) atoms. The molecule has 176 valence electrons. The number of benzene rings is 2. The summed E-state index contributed by atoms with van der Waals surface area (Å²) in [6.45, 7) is 5.86. The fourth-order valence-corrected chi connectivity index (χ4v) is 5.50. The predicted molar refractivity (Wildman–Crippen MR) is 137 cm³/mol. The number of piperidine rings is 1. The van der Waals surface area contributed by atoms with Gasteiger partial charge in [-0.1, -0.05) is 29.4 Å². The Morgan fingerprint density at radius 1 is 1.09 bits per heavy atom. The van der Waals surface area contributed by atoms with Gasteiger partial charge in [-0.2, -0.15) is 0 Å². The molecule has 0 radical (unpaired) electrons. The molecule has 2 fully saturated rings. The van der Waals surface area contributed by atoms with Crippen molar-refractivity contribution in [2.45, 2.75) is 38.0 Å². The maximum absolute atomic E-state index is 6.05. The van der Waals surface area contributed by atoms with Gasteiger partial charge in [0.2, 0.25) is 0 Å². The van der Waals surface area contributed by atoms with Gasteiger partial charge < -0.3 is 24.3 Å². The number of ether oxygens (including phenoxy) is 1. The van der Waals surface area contributed by atoms with Gasteiger partial charge >= 0.3 is 0 Å². The highest BCUT2D eigenvalue weighted by Crippen LogP contribution is 2.35. The minimum absolute atomic E-state index is 0.104. The second-order valence-corrected chi connectivity index (χ2v) is 9.53. The molecule has 3 atom stereocenters. The summed E-state index contributed by atoms with van der Waals surface area (Å²) >= 11 is 0. The van der Waals surface area contributed by atoms with E-state index in [2.05, 4.69) is 86.4 Å². The number of amidine groups is 1. The van der Waals surface area contributed by atoms with Gasteiger partial charge in [0.1, 0.15) is 5.75 Å². The van der Waals surface area contributed by atoms with E-state index < -0.39 is 0 Å². The molecule has 0 aliphatic carbocycles. The van der Waals surface area contributed by atoms with Crippen LogP contribution < -0.4 is 14.5 Å². The fraction of sp³-hybridized carbons (Fsp3) is 0.407.